The number of anilines is 1. The van der Waals surface area contributed by atoms with Gasteiger partial charge in [0.2, 0.25) is 0 Å². The summed E-state index contributed by atoms with van der Waals surface area (Å²) in [6.45, 7) is 2.50. The number of pyridine rings is 1. The maximum absolute atomic E-state index is 5.52. The molecule has 1 rings (SSSR count). The molecular weight excluding hydrogens is 140 g/mol. The third kappa shape index (κ3) is 2.20. The lowest BCUT2D eigenvalue weighted by molar-refractivity contribution is 0.181. The number of nitrogens with two attached hydrogens (primary N) is 1. The van der Waals surface area contributed by atoms with Crippen molar-refractivity contribution >= 4 is 5.82 Å². The van der Waals surface area contributed by atoms with Crippen molar-refractivity contribution in [3.05, 3.63) is 23.4 Å². The summed E-state index contributed by atoms with van der Waals surface area (Å²) in [5.74, 6) is 0.553. The first-order chi connectivity index (χ1) is 5.22. The first kappa shape index (κ1) is 8.01. The monoisotopic (exact) mass is 152 g/mol. The van der Waals surface area contributed by atoms with Crippen LogP contribution in [0.2, 0.25) is 0 Å². The summed E-state index contributed by atoms with van der Waals surface area (Å²) < 4.78 is 4.92. The smallest absolute Gasteiger partial charge is 0.123 e. The molecule has 0 spiro atoms. The van der Waals surface area contributed by atoms with E-state index in [0.29, 0.717) is 12.4 Å². The molecule has 0 bridgehead atoms. The molecule has 3 nitrogen and oxygen atoms in total. The highest BCUT2D eigenvalue weighted by molar-refractivity contribution is 5.33. The van der Waals surface area contributed by atoms with Crippen LogP contribution in [0.15, 0.2) is 12.1 Å². The third-order valence-corrected chi connectivity index (χ3v) is 1.33. The number of methoxy groups -OCH3 is 1. The van der Waals surface area contributed by atoms with Crippen molar-refractivity contribution in [2.45, 2.75) is 13.5 Å². The standard InChI is InChI=1S/C8H12N2O/c1-6-3-7(5-11-2)10-8(9)4-6/h3-4H,5H2,1-2H3,(H2,9,10). The number of nitrogens with zero attached hydrogens (tertiary/aromatic N) is 1. The second kappa shape index (κ2) is 3.34. The molecule has 0 aliphatic carbocycles. The molecule has 0 atom stereocenters. The van der Waals surface area contributed by atoms with Gasteiger partial charge in [0.05, 0.1) is 12.3 Å². The summed E-state index contributed by atoms with van der Waals surface area (Å²) >= 11 is 0. The van der Waals surface area contributed by atoms with Gasteiger partial charge < -0.3 is 10.5 Å². The summed E-state index contributed by atoms with van der Waals surface area (Å²) in [7, 11) is 1.64. The molecule has 0 amide bonds. The molecular formula is C8H12N2O. The highest BCUT2D eigenvalue weighted by atomic mass is 16.5. The molecule has 0 radical (unpaired) electrons. The lowest BCUT2D eigenvalue weighted by atomic mass is 10.2. The molecule has 0 aliphatic heterocycles. The Morgan fingerprint density at radius 2 is 2.27 bits per heavy atom. The molecule has 0 aliphatic rings. The van der Waals surface area contributed by atoms with E-state index in [9.17, 15) is 0 Å². The van der Waals surface area contributed by atoms with Crippen molar-refractivity contribution < 1.29 is 4.74 Å². The van der Waals surface area contributed by atoms with Crippen molar-refractivity contribution in [3.8, 4) is 0 Å². The molecule has 0 aromatic carbocycles. The number of hydrogen-bond donors (Lipinski definition) is 1. The SMILES string of the molecule is COCc1cc(C)cc(N)n1. The molecule has 2 N–H and O–H groups in total. The number of aromatic nitrogens is 1. The normalized spacial score (nSPS) is 10.0. The van der Waals surface area contributed by atoms with Crippen LogP contribution in [0.4, 0.5) is 5.82 Å². The molecule has 11 heavy (non-hydrogen) atoms. The van der Waals surface area contributed by atoms with Crippen LogP contribution in [-0.4, -0.2) is 12.1 Å². The van der Waals surface area contributed by atoms with Crippen LogP contribution in [0.25, 0.3) is 0 Å². The molecule has 0 fully saturated rings. The third-order valence-electron chi connectivity index (χ3n) is 1.33. The largest absolute Gasteiger partial charge is 0.384 e. The second-order valence-electron chi connectivity index (χ2n) is 2.49. The Balaban J connectivity index is 2.89. The number of ether oxygens (including phenoxy) is 1. The van der Waals surface area contributed by atoms with Gasteiger partial charge >= 0.3 is 0 Å². The number of nitrogen functional groups attached to an aromatic ring is 1. The van der Waals surface area contributed by atoms with Crippen LogP contribution >= 0.6 is 0 Å². The lowest BCUT2D eigenvalue weighted by Crippen LogP contribution is -1.97. The molecule has 60 valence electrons. The summed E-state index contributed by atoms with van der Waals surface area (Å²) in [6.07, 6.45) is 0. The Labute approximate surface area is 66.2 Å². The number of aryl methyl sites for hydroxylation is 1. The molecule has 1 heterocycles. The minimum atomic E-state index is 0.520. The highest BCUT2D eigenvalue weighted by Gasteiger charge is 1.95. The van der Waals surface area contributed by atoms with Crippen LogP contribution in [0.5, 0.6) is 0 Å². The maximum Gasteiger partial charge on any atom is 0.123 e. The quantitative estimate of drug-likeness (QED) is 0.690. The summed E-state index contributed by atoms with van der Waals surface area (Å²) in [5, 5.41) is 0. The van der Waals surface area contributed by atoms with Crippen LogP contribution in [0.1, 0.15) is 11.3 Å². The van der Waals surface area contributed by atoms with Gasteiger partial charge in [-0.15, -0.1) is 0 Å². The minimum absolute atomic E-state index is 0.520. The average molecular weight is 152 g/mol. The van der Waals surface area contributed by atoms with Gasteiger partial charge in [0, 0.05) is 7.11 Å². The predicted molar refractivity (Wildman–Crippen MR) is 44.1 cm³/mol. The number of rotatable bonds is 2. The Morgan fingerprint density at radius 1 is 1.55 bits per heavy atom. The van der Waals surface area contributed by atoms with Gasteiger partial charge in [-0.25, -0.2) is 4.98 Å². The predicted octanol–water partition coefficient (Wildman–Crippen LogP) is 1.12. The van der Waals surface area contributed by atoms with Gasteiger partial charge in [-0.1, -0.05) is 0 Å². The van der Waals surface area contributed by atoms with Crippen molar-refractivity contribution in [2.75, 3.05) is 12.8 Å². The Hall–Kier alpha value is -1.09. The van der Waals surface area contributed by atoms with E-state index in [-0.39, 0.29) is 0 Å². The van der Waals surface area contributed by atoms with Crippen molar-refractivity contribution in [1.82, 2.24) is 4.98 Å². The zero-order valence-electron chi connectivity index (χ0n) is 6.79. The van der Waals surface area contributed by atoms with Crippen LogP contribution < -0.4 is 5.73 Å². The minimum Gasteiger partial charge on any atom is -0.384 e. The van der Waals surface area contributed by atoms with Crippen molar-refractivity contribution in [1.29, 1.82) is 0 Å². The van der Waals surface area contributed by atoms with Crippen molar-refractivity contribution in [2.24, 2.45) is 0 Å². The van der Waals surface area contributed by atoms with Crippen LogP contribution in [-0.2, 0) is 11.3 Å². The fourth-order valence-corrected chi connectivity index (χ4v) is 0.990. The van der Waals surface area contributed by atoms with Crippen LogP contribution in [0, 0.1) is 6.92 Å². The van der Waals surface area contributed by atoms with E-state index in [1.807, 2.05) is 19.1 Å². The summed E-state index contributed by atoms with van der Waals surface area (Å²) in [4.78, 5) is 4.08. The van der Waals surface area contributed by atoms with E-state index in [0.717, 1.165) is 11.3 Å². The fraction of sp³-hybridized carbons (Fsp3) is 0.375. The van der Waals surface area contributed by atoms with Gasteiger partial charge in [-0.3, -0.25) is 0 Å². The Kier molecular flexibility index (Phi) is 2.44. The van der Waals surface area contributed by atoms with Gasteiger partial charge in [-0.05, 0) is 24.6 Å². The zero-order chi connectivity index (χ0) is 8.27. The molecule has 1 aromatic rings. The molecule has 0 unspecified atom stereocenters. The Morgan fingerprint density at radius 3 is 2.82 bits per heavy atom. The fourth-order valence-electron chi connectivity index (χ4n) is 0.990. The average Bonchev–Trinajstić information content (AvgIpc) is 1.85. The van der Waals surface area contributed by atoms with E-state index >= 15 is 0 Å². The van der Waals surface area contributed by atoms with Crippen LogP contribution in [0.3, 0.4) is 0 Å². The molecule has 3 heteroatoms. The zero-order valence-corrected chi connectivity index (χ0v) is 6.79. The van der Waals surface area contributed by atoms with Gasteiger partial charge in [-0.2, -0.15) is 0 Å². The van der Waals surface area contributed by atoms with E-state index in [4.69, 9.17) is 10.5 Å². The summed E-state index contributed by atoms with van der Waals surface area (Å²) in [5.41, 5.74) is 7.52. The first-order valence-electron chi connectivity index (χ1n) is 3.44. The lowest BCUT2D eigenvalue weighted by Gasteiger charge is -2.01. The highest BCUT2D eigenvalue weighted by Crippen LogP contribution is 2.06. The second-order valence-corrected chi connectivity index (χ2v) is 2.49. The van der Waals surface area contributed by atoms with E-state index in [1.54, 1.807) is 7.11 Å². The molecule has 0 saturated carbocycles. The molecule has 1 aromatic heterocycles. The van der Waals surface area contributed by atoms with Crippen molar-refractivity contribution in [3.63, 3.8) is 0 Å². The summed E-state index contributed by atoms with van der Waals surface area (Å²) in [6, 6.07) is 3.79. The van der Waals surface area contributed by atoms with E-state index in [2.05, 4.69) is 4.98 Å². The van der Waals surface area contributed by atoms with Gasteiger partial charge in [0.15, 0.2) is 0 Å². The van der Waals surface area contributed by atoms with E-state index in [1.165, 1.54) is 0 Å². The van der Waals surface area contributed by atoms with Gasteiger partial charge in [0.25, 0.3) is 0 Å². The van der Waals surface area contributed by atoms with E-state index < -0.39 is 0 Å². The topological polar surface area (TPSA) is 48.1 Å². The first-order valence-corrected chi connectivity index (χ1v) is 3.44. The molecule has 0 saturated heterocycles. The Bertz CT molecular complexity index is 228. The van der Waals surface area contributed by atoms with Gasteiger partial charge in [0.1, 0.15) is 5.82 Å². The number of hydrogen-bond acceptors (Lipinski definition) is 3. The maximum atomic E-state index is 5.52.